The summed E-state index contributed by atoms with van der Waals surface area (Å²) in [6.07, 6.45) is -2.85. The Morgan fingerprint density at radius 1 is 0.918 bits per heavy atom. The molecule has 0 bridgehead atoms. The summed E-state index contributed by atoms with van der Waals surface area (Å²) in [7, 11) is 3.83. The van der Waals surface area contributed by atoms with Crippen LogP contribution in [0.25, 0.3) is 0 Å². The van der Waals surface area contributed by atoms with Crippen molar-refractivity contribution in [2.75, 3.05) is 20.7 Å². The molecule has 0 spiro atoms. The van der Waals surface area contributed by atoms with E-state index in [1.54, 1.807) is 27.7 Å². The molecular formula is C48H75N3O10. The largest absolute Gasteiger partial charge is 0.459 e. The zero-order valence-corrected chi connectivity index (χ0v) is 38.5. The van der Waals surface area contributed by atoms with Crippen molar-refractivity contribution in [3.8, 4) is 0 Å². The van der Waals surface area contributed by atoms with E-state index in [-0.39, 0.29) is 31.5 Å². The van der Waals surface area contributed by atoms with Gasteiger partial charge in [0.05, 0.1) is 41.6 Å². The van der Waals surface area contributed by atoms with Crippen LogP contribution in [0.3, 0.4) is 0 Å². The van der Waals surface area contributed by atoms with Gasteiger partial charge in [-0.2, -0.15) is 0 Å². The lowest BCUT2D eigenvalue weighted by atomic mass is 9.72. The van der Waals surface area contributed by atoms with E-state index in [1.807, 2.05) is 95.2 Å². The van der Waals surface area contributed by atoms with Crippen molar-refractivity contribution < 1.29 is 48.7 Å². The van der Waals surface area contributed by atoms with Crippen molar-refractivity contribution in [3.63, 3.8) is 0 Å². The van der Waals surface area contributed by atoms with Crippen molar-refractivity contribution in [2.45, 2.75) is 161 Å². The van der Waals surface area contributed by atoms with Gasteiger partial charge in [-0.1, -0.05) is 107 Å². The number of ether oxygens (including phenoxy) is 4. The number of unbranched alkanes of at least 4 members (excludes halogenated alkanes) is 1. The Hall–Kier alpha value is -3.59. The minimum atomic E-state index is -1.84. The normalized spacial score (nSPS) is 36.2. The number of carbonyl (C=O) groups is 2. The van der Waals surface area contributed by atoms with Gasteiger partial charge < -0.3 is 49.3 Å². The van der Waals surface area contributed by atoms with Crippen molar-refractivity contribution >= 4 is 17.8 Å². The number of cyclic esters (lactones) is 1. The Kier molecular flexibility index (Phi) is 18.6. The highest BCUT2D eigenvalue weighted by atomic mass is 16.7. The monoisotopic (exact) mass is 854 g/mol. The zero-order valence-electron chi connectivity index (χ0n) is 38.5. The first-order valence-corrected chi connectivity index (χ1v) is 22.3. The van der Waals surface area contributed by atoms with Gasteiger partial charge >= 0.3 is 12.1 Å². The highest BCUT2D eigenvalue weighted by Gasteiger charge is 2.51. The molecular weight excluding hydrogens is 779 g/mol. The highest BCUT2D eigenvalue weighted by Crippen LogP contribution is 2.40. The maximum absolute atomic E-state index is 13.9. The summed E-state index contributed by atoms with van der Waals surface area (Å²) in [4.78, 5) is 35.3. The maximum Gasteiger partial charge on any atom is 0.407 e. The Morgan fingerprint density at radius 2 is 1.54 bits per heavy atom. The van der Waals surface area contributed by atoms with Crippen LogP contribution in [0.2, 0.25) is 0 Å². The van der Waals surface area contributed by atoms with Crippen LogP contribution in [0.1, 0.15) is 106 Å². The van der Waals surface area contributed by atoms with Gasteiger partial charge in [-0.25, -0.2) is 4.79 Å². The summed E-state index contributed by atoms with van der Waals surface area (Å²) in [5, 5.41) is 44.0. The lowest BCUT2D eigenvalue weighted by Gasteiger charge is -2.48. The number of aliphatic hydroxyl groups excluding tert-OH is 1. The Balaban J connectivity index is 1.69. The molecule has 61 heavy (non-hydrogen) atoms. The first-order chi connectivity index (χ1) is 28.8. The molecule has 2 aromatic carbocycles. The fraction of sp³-hybridized carbons (Fsp3) is 0.688. The van der Waals surface area contributed by atoms with Crippen LogP contribution in [-0.4, -0.2) is 113 Å². The van der Waals surface area contributed by atoms with Gasteiger partial charge in [0.25, 0.3) is 0 Å². The molecule has 0 saturated carbocycles. The second-order valence-electron chi connectivity index (χ2n) is 18.4. The van der Waals surface area contributed by atoms with Gasteiger partial charge in [-0.05, 0) is 96.4 Å². The Labute approximate surface area is 364 Å². The third kappa shape index (κ3) is 13.5. The minimum absolute atomic E-state index is 0.0998. The molecule has 13 heteroatoms. The van der Waals surface area contributed by atoms with E-state index in [1.165, 1.54) is 12.5 Å². The molecule has 2 aliphatic heterocycles. The first-order valence-electron chi connectivity index (χ1n) is 22.3. The molecule has 0 radical (unpaired) electrons. The predicted octanol–water partition coefficient (Wildman–Crippen LogP) is 6.90. The number of esters is 1. The smallest absolute Gasteiger partial charge is 0.407 e. The van der Waals surface area contributed by atoms with E-state index >= 15 is 0 Å². The van der Waals surface area contributed by atoms with Crippen LogP contribution in [-0.2, 0) is 41.5 Å². The Bertz CT molecular complexity index is 1670. The maximum atomic E-state index is 13.9. The van der Waals surface area contributed by atoms with Crippen LogP contribution in [0, 0.1) is 29.6 Å². The SMILES string of the molecule is CC[C@H]1OC(=O)[C@H](C)[C@@H](C)[C@H](C)[C@@H](O[C@@H]2O[C@H](C)C[C@H](N(C)C)[C@H]2OC(=O)NCc2ccccc2)[C@](C)(O)C[C@@H](C)/C(=N/OCCCCc2ccccc2)[C@H](C)[C@@H](O)[C@]1(C)O. The summed E-state index contributed by atoms with van der Waals surface area (Å²) in [5.41, 5.74) is -0.849. The number of oxime groups is 1. The van der Waals surface area contributed by atoms with Crippen molar-refractivity contribution in [2.24, 2.45) is 34.7 Å². The summed E-state index contributed by atoms with van der Waals surface area (Å²) in [6.45, 7) is 16.8. The van der Waals surface area contributed by atoms with Crippen LogP contribution >= 0.6 is 0 Å². The standard InChI is InChI=1S/C48H75N3O10/c1-12-39-48(9,56)42(52)35(7)40(50-57-26-20-19-23-36-21-15-13-16-22-36)30(2)28-47(8,55)43(33(5)32(4)34(6)44(53)59-39)61-45-41(38(51(10)11)27-31(3)58-45)60-46(54)49-29-37-24-17-14-18-25-37/h13-18,21-22,24-25,30-35,38-39,41-43,45,52,55-56H,12,19-20,23,26-29H2,1-11H3,(H,49,54)/b50-40-/t30-,31-,32+,33+,34-,35+,38+,39-,41-,42-,43-,45+,47-,48-/m1/s1. The number of carbonyl (C=O) groups excluding carboxylic acids is 2. The van der Waals surface area contributed by atoms with E-state index in [9.17, 15) is 24.9 Å². The number of hydrogen-bond donors (Lipinski definition) is 4. The molecule has 2 fully saturated rings. The molecule has 0 aliphatic carbocycles. The van der Waals surface area contributed by atoms with Crippen LogP contribution in [0.4, 0.5) is 4.79 Å². The third-order valence-electron chi connectivity index (χ3n) is 13.1. The van der Waals surface area contributed by atoms with E-state index in [0.717, 1.165) is 24.8 Å². The van der Waals surface area contributed by atoms with Crippen molar-refractivity contribution in [3.05, 3.63) is 71.8 Å². The molecule has 2 heterocycles. The van der Waals surface area contributed by atoms with Crippen LogP contribution < -0.4 is 5.32 Å². The second-order valence-corrected chi connectivity index (χ2v) is 18.4. The lowest BCUT2D eigenvalue weighted by molar-refractivity contribution is -0.296. The second kappa shape index (κ2) is 22.7. The number of aryl methyl sites for hydroxylation is 1. The molecule has 4 rings (SSSR count). The Morgan fingerprint density at radius 3 is 2.15 bits per heavy atom. The first kappa shape index (κ1) is 50.1. The van der Waals surface area contributed by atoms with Crippen LogP contribution in [0.5, 0.6) is 0 Å². The summed E-state index contributed by atoms with van der Waals surface area (Å²) < 4.78 is 25.6. The van der Waals surface area contributed by atoms with Crippen molar-refractivity contribution in [1.29, 1.82) is 0 Å². The van der Waals surface area contributed by atoms with E-state index in [4.69, 9.17) is 23.8 Å². The molecule has 2 aliphatic rings. The number of benzene rings is 2. The molecule has 0 aromatic heterocycles. The van der Waals surface area contributed by atoms with Gasteiger partial charge in [0.2, 0.25) is 0 Å². The van der Waals surface area contributed by atoms with Gasteiger partial charge in [-0.15, -0.1) is 0 Å². The number of rotatable bonds is 13. The highest BCUT2D eigenvalue weighted by molar-refractivity contribution is 5.88. The fourth-order valence-electron chi connectivity index (χ4n) is 9.07. The molecule has 2 saturated heterocycles. The molecule has 1 amide bonds. The zero-order chi connectivity index (χ0) is 45.1. The number of hydrogen-bond acceptors (Lipinski definition) is 12. The quantitative estimate of drug-likeness (QED) is 0.0941. The number of likely N-dealkylation sites (N-methyl/N-ethyl adjacent to an activating group) is 1. The molecule has 13 nitrogen and oxygen atoms in total. The number of nitrogens with zero attached hydrogens (tertiary/aromatic N) is 2. The third-order valence-corrected chi connectivity index (χ3v) is 13.1. The van der Waals surface area contributed by atoms with Gasteiger partial charge in [0, 0.05) is 18.4 Å². The average molecular weight is 854 g/mol. The van der Waals surface area contributed by atoms with E-state index in [2.05, 4.69) is 22.6 Å². The lowest BCUT2D eigenvalue weighted by Crippen LogP contribution is -2.60. The minimum Gasteiger partial charge on any atom is -0.459 e. The van der Waals surface area contributed by atoms with Crippen LogP contribution in [0.15, 0.2) is 65.8 Å². The van der Waals surface area contributed by atoms with Gasteiger partial charge in [0.15, 0.2) is 12.4 Å². The predicted molar refractivity (Wildman–Crippen MR) is 235 cm³/mol. The van der Waals surface area contributed by atoms with Crippen molar-refractivity contribution in [1.82, 2.24) is 10.2 Å². The number of aliphatic hydroxyl groups is 3. The van der Waals surface area contributed by atoms with Gasteiger partial charge in [0.1, 0.15) is 18.3 Å². The van der Waals surface area contributed by atoms with Gasteiger partial charge in [-0.3, -0.25) is 4.79 Å². The molecule has 0 unspecified atom stereocenters. The number of nitrogens with one attached hydrogen (secondary N) is 1. The number of alkyl carbamates (subject to hydrolysis) is 1. The molecule has 2 aromatic rings. The van der Waals surface area contributed by atoms with E-state index < -0.39 is 83.6 Å². The summed E-state index contributed by atoms with van der Waals surface area (Å²) >= 11 is 0. The topological polar surface area (TPSA) is 169 Å². The van der Waals surface area contributed by atoms with E-state index in [0.29, 0.717) is 18.7 Å². The molecule has 4 N–H and O–H groups in total. The summed E-state index contributed by atoms with van der Waals surface area (Å²) in [5.74, 6) is -3.41. The molecule has 342 valence electrons. The molecule has 14 atom stereocenters. The fourth-order valence-corrected chi connectivity index (χ4v) is 9.07. The average Bonchev–Trinajstić information content (AvgIpc) is 3.22. The summed E-state index contributed by atoms with van der Waals surface area (Å²) in [6, 6.07) is 19.5. The number of amides is 1.